The highest BCUT2D eigenvalue weighted by molar-refractivity contribution is 5.99. The van der Waals surface area contributed by atoms with E-state index in [1.807, 2.05) is 20.8 Å². The van der Waals surface area contributed by atoms with Gasteiger partial charge in [-0.15, -0.1) is 0 Å². The van der Waals surface area contributed by atoms with Crippen molar-refractivity contribution in [3.63, 3.8) is 0 Å². The Labute approximate surface area is 164 Å². The molecule has 7 nitrogen and oxygen atoms in total. The number of nitrogens with one attached hydrogen (secondary N) is 2. The lowest BCUT2D eigenvalue weighted by Gasteiger charge is -2.13. The number of hydrogen-bond acceptors (Lipinski definition) is 5. The minimum absolute atomic E-state index is 0.100. The molecule has 2 rings (SSSR count). The van der Waals surface area contributed by atoms with Crippen molar-refractivity contribution >= 4 is 23.3 Å². The van der Waals surface area contributed by atoms with E-state index in [0.717, 1.165) is 22.4 Å². The highest BCUT2D eigenvalue weighted by Gasteiger charge is 2.07. The van der Waals surface area contributed by atoms with E-state index in [4.69, 9.17) is 9.84 Å². The Morgan fingerprint density at radius 2 is 1.79 bits per heavy atom. The number of benzene rings is 2. The molecule has 1 amide bonds. The molecule has 0 aromatic heterocycles. The zero-order valence-corrected chi connectivity index (χ0v) is 16.5. The molecule has 0 aliphatic heterocycles. The number of amides is 1. The Kier molecular flexibility index (Phi) is 7.14. The van der Waals surface area contributed by atoms with Crippen LogP contribution in [0.5, 0.6) is 5.75 Å². The predicted octanol–water partition coefficient (Wildman–Crippen LogP) is 3.03. The van der Waals surface area contributed by atoms with Crippen LogP contribution in [0.3, 0.4) is 0 Å². The maximum Gasteiger partial charge on any atom is 0.341 e. The molecular weight excluding hydrogens is 358 g/mol. The van der Waals surface area contributed by atoms with E-state index in [1.165, 1.54) is 5.56 Å². The Morgan fingerprint density at radius 1 is 1.11 bits per heavy atom. The highest BCUT2D eigenvalue weighted by Crippen LogP contribution is 2.21. The normalized spacial score (nSPS) is 11.1. The van der Waals surface area contributed by atoms with Crippen LogP contribution in [0.25, 0.3) is 0 Å². The summed E-state index contributed by atoms with van der Waals surface area (Å²) < 4.78 is 5.15. The third kappa shape index (κ3) is 6.12. The third-order valence-corrected chi connectivity index (χ3v) is 4.07. The molecule has 7 heteroatoms. The van der Waals surface area contributed by atoms with Gasteiger partial charge in [-0.05, 0) is 51.0 Å². The minimum atomic E-state index is -1.05. The molecule has 0 atom stereocenters. The summed E-state index contributed by atoms with van der Waals surface area (Å²) in [4.78, 5) is 22.7. The van der Waals surface area contributed by atoms with Gasteiger partial charge in [0.05, 0.1) is 12.3 Å². The Balaban J connectivity index is 1.95. The lowest BCUT2D eigenvalue weighted by Crippen LogP contribution is -2.27. The van der Waals surface area contributed by atoms with Crippen LogP contribution < -0.4 is 15.5 Å². The van der Waals surface area contributed by atoms with Crippen LogP contribution in [-0.2, 0) is 9.59 Å². The second kappa shape index (κ2) is 9.55. The number of nitrogens with zero attached hydrogens (tertiary/aromatic N) is 1. The summed E-state index contributed by atoms with van der Waals surface area (Å²) in [5, 5.41) is 15.9. The molecule has 2 aromatic rings. The van der Waals surface area contributed by atoms with Crippen molar-refractivity contribution in [1.82, 2.24) is 5.43 Å². The fourth-order valence-corrected chi connectivity index (χ4v) is 2.83. The molecule has 0 fully saturated rings. The van der Waals surface area contributed by atoms with Crippen molar-refractivity contribution in [2.24, 2.45) is 5.10 Å². The number of carboxylic acids is 1. The summed E-state index contributed by atoms with van der Waals surface area (Å²) in [7, 11) is 0. The summed E-state index contributed by atoms with van der Waals surface area (Å²) >= 11 is 0. The van der Waals surface area contributed by atoms with Crippen LogP contribution in [0, 0.1) is 20.8 Å². The number of aliphatic carboxylic acids is 1. The second-order valence-corrected chi connectivity index (χ2v) is 6.57. The first kappa shape index (κ1) is 21.0. The summed E-state index contributed by atoms with van der Waals surface area (Å²) in [6.45, 7) is 7.47. The Morgan fingerprint density at radius 3 is 2.43 bits per heavy atom. The smallest absolute Gasteiger partial charge is 0.341 e. The van der Waals surface area contributed by atoms with E-state index in [9.17, 15) is 9.59 Å². The number of hydrazone groups is 1. The molecule has 28 heavy (non-hydrogen) atoms. The molecule has 0 spiro atoms. The van der Waals surface area contributed by atoms with Crippen LogP contribution in [0.4, 0.5) is 5.69 Å². The number of carbonyl (C=O) groups excluding carboxylic acids is 1. The lowest BCUT2D eigenvalue weighted by atomic mass is 10.1. The van der Waals surface area contributed by atoms with Crippen molar-refractivity contribution in [2.45, 2.75) is 27.7 Å². The van der Waals surface area contributed by atoms with Gasteiger partial charge in [-0.1, -0.05) is 29.8 Å². The van der Waals surface area contributed by atoms with Gasteiger partial charge in [-0.2, -0.15) is 5.10 Å². The van der Waals surface area contributed by atoms with Crippen LogP contribution >= 0.6 is 0 Å². The minimum Gasteiger partial charge on any atom is -0.482 e. The van der Waals surface area contributed by atoms with Crippen LogP contribution in [0.2, 0.25) is 0 Å². The monoisotopic (exact) mass is 383 g/mol. The van der Waals surface area contributed by atoms with E-state index in [1.54, 1.807) is 31.2 Å². The highest BCUT2D eigenvalue weighted by atomic mass is 16.5. The predicted molar refractivity (Wildman–Crippen MR) is 109 cm³/mol. The second-order valence-electron chi connectivity index (χ2n) is 6.57. The maximum atomic E-state index is 12.1. The summed E-state index contributed by atoms with van der Waals surface area (Å²) in [5.74, 6) is -0.889. The molecule has 3 N–H and O–H groups in total. The Hall–Kier alpha value is -3.35. The number of rotatable bonds is 8. The zero-order chi connectivity index (χ0) is 20.7. The van der Waals surface area contributed by atoms with E-state index < -0.39 is 12.6 Å². The largest absolute Gasteiger partial charge is 0.482 e. The molecule has 0 radical (unpaired) electrons. The molecule has 0 saturated carbocycles. The van der Waals surface area contributed by atoms with E-state index in [-0.39, 0.29) is 12.5 Å². The number of carbonyl (C=O) groups is 2. The first-order valence-corrected chi connectivity index (χ1v) is 8.86. The van der Waals surface area contributed by atoms with E-state index in [0.29, 0.717) is 11.5 Å². The van der Waals surface area contributed by atoms with Crippen molar-refractivity contribution in [1.29, 1.82) is 0 Å². The van der Waals surface area contributed by atoms with Gasteiger partial charge in [-0.25, -0.2) is 10.2 Å². The maximum absolute atomic E-state index is 12.1. The van der Waals surface area contributed by atoms with Gasteiger partial charge in [-0.3, -0.25) is 4.79 Å². The number of anilines is 1. The van der Waals surface area contributed by atoms with Gasteiger partial charge in [0.25, 0.3) is 5.91 Å². The van der Waals surface area contributed by atoms with Gasteiger partial charge in [0.15, 0.2) is 6.61 Å². The number of aryl methyl sites for hydroxylation is 3. The molecule has 0 heterocycles. The average Bonchev–Trinajstić information content (AvgIpc) is 2.63. The molecule has 2 aromatic carbocycles. The fraction of sp³-hybridized carbons (Fsp3) is 0.286. The van der Waals surface area contributed by atoms with Crippen molar-refractivity contribution in [2.75, 3.05) is 18.5 Å². The Bertz CT molecular complexity index is 883. The van der Waals surface area contributed by atoms with Crippen molar-refractivity contribution in [3.05, 3.63) is 58.7 Å². The van der Waals surface area contributed by atoms with Crippen LogP contribution in [0.1, 0.15) is 29.2 Å². The third-order valence-electron chi connectivity index (χ3n) is 4.07. The quantitative estimate of drug-likeness (QED) is 0.481. The first-order chi connectivity index (χ1) is 13.3. The molecule has 0 bridgehead atoms. The van der Waals surface area contributed by atoms with Gasteiger partial charge >= 0.3 is 5.97 Å². The van der Waals surface area contributed by atoms with E-state index >= 15 is 0 Å². The van der Waals surface area contributed by atoms with E-state index in [2.05, 4.69) is 28.0 Å². The number of carboxylic acid groups (broad SMARTS) is 1. The summed E-state index contributed by atoms with van der Waals surface area (Å²) in [6.07, 6.45) is 0. The first-order valence-electron chi connectivity index (χ1n) is 8.86. The number of ether oxygens (including phenoxy) is 1. The van der Waals surface area contributed by atoms with Gasteiger partial charge in [0, 0.05) is 11.3 Å². The van der Waals surface area contributed by atoms with Crippen molar-refractivity contribution in [3.8, 4) is 5.75 Å². The molecular formula is C21H25N3O4. The van der Waals surface area contributed by atoms with Gasteiger partial charge < -0.3 is 15.2 Å². The topological polar surface area (TPSA) is 100 Å². The molecule has 0 unspecified atom stereocenters. The zero-order valence-electron chi connectivity index (χ0n) is 16.5. The van der Waals surface area contributed by atoms with Crippen LogP contribution in [-0.4, -0.2) is 35.8 Å². The lowest BCUT2D eigenvalue weighted by molar-refractivity contribution is -0.139. The summed E-state index contributed by atoms with van der Waals surface area (Å²) in [5.41, 5.74) is 8.13. The average molecular weight is 383 g/mol. The SMILES string of the molecule is C/C(=N/NC(=O)CNc1c(C)cc(C)cc1C)c1cccc(OCC(=O)O)c1. The number of hydrogen-bond donors (Lipinski definition) is 3. The molecule has 0 saturated heterocycles. The molecule has 148 valence electrons. The molecule has 0 aliphatic rings. The van der Waals surface area contributed by atoms with Gasteiger partial charge in [0.1, 0.15) is 5.75 Å². The van der Waals surface area contributed by atoms with Gasteiger partial charge in [0.2, 0.25) is 0 Å². The fourth-order valence-electron chi connectivity index (χ4n) is 2.83. The molecule has 0 aliphatic carbocycles. The van der Waals surface area contributed by atoms with Crippen molar-refractivity contribution < 1.29 is 19.4 Å². The van der Waals surface area contributed by atoms with Crippen LogP contribution in [0.15, 0.2) is 41.5 Å². The summed E-state index contributed by atoms with van der Waals surface area (Å²) in [6, 6.07) is 11.0. The standard InChI is InChI=1S/C21H25N3O4/c1-13-8-14(2)21(15(3)9-13)22-11-19(25)24-23-16(4)17-6-5-7-18(10-17)28-12-20(26)27/h5-10,22H,11-12H2,1-4H3,(H,24,25)(H,26,27)/b23-16-.